The Kier molecular flexibility index (Phi) is 8.50. The number of benzene rings is 4. The highest BCUT2D eigenvalue weighted by molar-refractivity contribution is 7.92. The number of hydrogen-bond donors (Lipinski definition) is 3. The number of rotatable bonds is 9. The molecule has 1 amide bonds. The van der Waals surface area contributed by atoms with Crippen molar-refractivity contribution in [2.24, 2.45) is 0 Å². The van der Waals surface area contributed by atoms with Crippen molar-refractivity contribution in [2.75, 3.05) is 16.6 Å². The number of anilines is 2. The van der Waals surface area contributed by atoms with E-state index >= 15 is 0 Å². The molecule has 0 aliphatic heterocycles. The van der Waals surface area contributed by atoms with E-state index in [-0.39, 0.29) is 15.9 Å². The average molecular weight is 532 g/mol. The maximum Gasteiger partial charge on any atom is 0.261 e. The molecule has 37 heavy (non-hydrogen) atoms. The summed E-state index contributed by atoms with van der Waals surface area (Å²) in [4.78, 5) is 12.6. The predicted molar refractivity (Wildman–Crippen MR) is 149 cm³/mol. The molecule has 4 aromatic rings. The number of ether oxygens (including phenoxy) is 1. The normalized spacial score (nSPS) is 10.8. The number of hydrogen-bond acceptors (Lipinski definition) is 5. The molecule has 0 aromatic heterocycles. The second-order valence-corrected chi connectivity index (χ2v) is 10.1. The largest absolute Gasteiger partial charge is 0.493 e. The van der Waals surface area contributed by atoms with Crippen molar-refractivity contribution in [3.8, 4) is 5.75 Å². The Bertz CT molecular complexity index is 1440. The summed E-state index contributed by atoms with van der Waals surface area (Å²) < 4.78 is 33.4. The first-order valence-corrected chi connectivity index (χ1v) is 13.4. The van der Waals surface area contributed by atoms with Crippen LogP contribution in [0.5, 0.6) is 5.75 Å². The average Bonchev–Trinajstić information content (AvgIpc) is 2.90. The van der Waals surface area contributed by atoms with Crippen LogP contribution in [-0.2, 0) is 16.4 Å². The van der Waals surface area contributed by atoms with E-state index in [1.807, 2.05) is 30.3 Å². The molecule has 9 heteroatoms. The van der Waals surface area contributed by atoms with Crippen LogP contribution < -0.4 is 20.1 Å². The zero-order valence-corrected chi connectivity index (χ0v) is 21.4. The van der Waals surface area contributed by atoms with Gasteiger partial charge in [-0.3, -0.25) is 14.8 Å². The third-order valence-electron chi connectivity index (χ3n) is 5.29. The van der Waals surface area contributed by atoms with Gasteiger partial charge >= 0.3 is 0 Å². The van der Waals surface area contributed by atoms with E-state index in [1.54, 1.807) is 66.7 Å². The lowest BCUT2D eigenvalue weighted by Gasteiger charge is -2.12. The summed E-state index contributed by atoms with van der Waals surface area (Å²) in [5.74, 6) is 0.296. The van der Waals surface area contributed by atoms with E-state index in [9.17, 15) is 13.2 Å². The van der Waals surface area contributed by atoms with Gasteiger partial charge in [-0.25, -0.2) is 8.42 Å². The van der Waals surface area contributed by atoms with E-state index in [0.717, 1.165) is 6.42 Å². The number of thiocarbonyl (C=S) groups is 1. The Balaban J connectivity index is 1.26. The predicted octanol–water partition coefficient (Wildman–Crippen LogP) is 5.24. The first kappa shape index (κ1) is 25.9. The number of amides is 1. The number of carbonyl (C=O) groups is 1. The molecule has 0 spiro atoms. The summed E-state index contributed by atoms with van der Waals surface area (Å²) in [6, 6.07) is 31.5. The summed E-state index contributed by atoms with van der Waals surface area (Å²) in [6.07, 6.45) is 0.791. The van der Waals surface area contributed by atoms with Crippen molar-refractivity contribution in [1.82, 2.24) is 5.32 Å². The molecule has 188 valence electrons. The SMILES string of the molecule is O=C(NC(=S)Nc1ccc(S(=O)(=O)Nc2ccccc2)cc1)c1ccc(OCCc2ccccc2)cc1. The van der Waals surface area contributed by atoms with E-state index in [1.165, 1.54) is 17.7 Å². The zero-order valence-electron chi connectivity index (χ0n) is 19.8. The summed E-state index contributed by atoms with van der Waals surface area (Å²) in [7, 11) is -3.73. The molecule has 0 aliphatic carbocycles. The van der Waals surface area contributed by atoms with Crippen LogP contribution in [-0.4, -0.2) is 26.0 Å². The second kappa shape index (κ2) is 12.2. The van der Waals surface area contributed by atoms with Crippen LogP contribution in [0.3, 0.4) is 0 Å². The van der Waals surface area contributed by atoms with Gasteiger partial charge in [-0.2, -0.15) is 0 Å². The summed E-state index contributed by atoms with van der Waals surface area (Å²) in [5, 5.41) is 5.59. The van der Waals surface area contributed by atoms with Gasteiger partial charge in [0.05, 0.1) is 11.5 Å². The van der Waals surface area contributed by atoms with Crippen LogP contribution in [0.1, 0.15) is 15.9 Å². The molecule has 4 aromatic carbocycles. The van der Waals surface area contributed by atoms with Crippen molar-refractivity contribution in [2.45, 2.75) is 11.3 Å². The van der Waals surface area contributed by atoms with Crippen LogP contribution in [0.4, 0.5) is 11.4 Å². The molecule has 4 rings (SSSR count). The standard InChI is InChI=1S/C28H25N3O4S2/c32-27(22-11-15-25(16-12-22)35-20-19-21-7-3-1-4-8-21)30-28(36)29-23-13-17-26(18-14-23)37(33,34)31-24-9-5-2-6-10-24/h1-18,31H,19-20H2,(H2,29,30,32,36). The molecule has 0 aliphatic rings. The fraction of sp³-hybridized carbons (Fsp3) is 0.0714. The Hall–Kier alpha value is -4.21. The molecule has 0 fully saturated rings. The highest BCUT2D eigenvalue weighted by atomic mass is 32.2. The molecular weight excluding hydrogens is 506 g/mol. The number of para-hydroxylation sites is 1. The Morgan fingerprint density at radius 3 is 2.03 bits per heavy atom. The van der Waals surface area contributed by atoms with E-state index in [2.05, 4.69) is 15.4 Å². The third-order valence-corrected chi connectivity index (χ3v) is 6.90. The van der Waals surface area contributed by atoms with Gasteiger partial charge in [0.15, 0.2) is 5.11 Å². The highest BCUT2D eigenvalue weighted by Gasteiger charge is 2.14. The third kappa shape index (κ3) is 7.63. The molecule has 0 saturated heterocycles. The van der Waals surface area contributed by atoms with Crippen molar-refractivity contribution >= 4 is 44.6 Å². The van der Waals surface area contributed by atoms with E-state index < -0.39 is 10.0 Å². The van der Waals surface area contributed by atoms with E-state index in [0.29, 0.717) is 29.3 Å². The molecule has 0 bridgehead atoms. The maximum absolute atomic E-state index is 12.6. The quantitative estimate of drug-likeness (QED) is 0.256. The van der Waals surface area contributed by atoms with Gasteiger partial charge in [-0.15, -0.1) is 0 Å². The van der Waals surface area contributed by atoms with Gasteiger partial charge in [0.25, 0.3) is 15.9 Å². The van der Waals surface area contributed by atoms with Crippen LogP contribution in [0.15, 0.2) is 114 Å². The molecule has 0 heterocycles. The Morgan fingerprint density at radius 2 is 1.38 bits per heavy atom. The van der Waals surface area contributed by atoms with Gasteiger partial charge in [0, 0.05) is 23.4 Å². The lowest BCUT2D eigenvalue weighted by molar-refractivity contribution is 0.0977. The lowest BCUT2D eigenvalue weighted by Crippen LogP contribution is -2.34. The van der Waals surface area contributed by atoms with E-state index in [4.69, 9.17) is 17.0 Å². The molecule has 0 unspecified atom stereocenters. The molecule has 0 atom stereocenters. The van der Waals surface area contributed by atoms with Crippen molar-refractivity contribution < 1.29 is 17.9 Å². The van der Waals surface area contributed by atoms with Gasteiger partial charge in [-0.05, 0) is 78.4 Å². The summed E-state index contributed by atoms with van der Waals surface area (Å²) in [6.45, 7) is 0.534. The molecule has 3 N–H and O–H groups in total. The van der Waals surface area contributed by atoms with Crippen LogP contribution in [0.25, 0.3) is 0 Å². The van der Waals surface area contributed by atoms with Crippen molar-refractivity contribution in [1.29, 1.82) is 0 Å². The minimum absolute atomic E-state index is 0.0891. The Labute approximate surface area is 221 Å². The van der Waals surface area contributed by atoms with Gasteiger partial charge in [0.2, 0.25) is 0 Å². The summed E-state index contributed by atoms with van der Waals surface area (Å²) >= 11 is 5.24. The Morgan fingerprint density at radius 1 is 0.757 bits per heavy atom. The lowest BCUT2D eigenvalue weighted by atomic mass is 10.2. The topological polar surface area (TPSA) is 96.5 Å². The van der Waals surface area contributed by atoms with Gasteiger partial charge in [0.1, 0.15) is 5.75 Å². The highest BCUT2D eigenvalue weighted by Crippen LogP contribution is 2.18. The number of carbonyl (C=O) groups excluding carboxylic acids is 1. The first-order valence-electron chi connectivity index (χ1n) is 11.5. The van der Waals surface area contributed by atoms with Crippen LogP contribution in [0.2, 0.25) is 0 Å². The molecule has 0 radical (unpaired) electrons. The smallest absolute Gasteiger partial charge is 0.261 e. The monoisotopic (exact) mass is 531 g/mol. The molecular formula is C28H25N3O4S2. The fourth-order valence-electron chi connectivity index (χ4n) is 3.41. The molecule has 7 nitrogen and oxygen atoms in total. The van der Waals surface area contributed by atoms with Gasteiger partial charge in [-0.1, -0.05) is 48.5 Å². The zero-order chi connectivity index (χ0) is 26.1. The molecule has 0 saturated carbocycles. The van der Waals surface area contributed by atoms with Crippen LogP contribution in [0, 0.1) is 0 Å². The first-order chi connectivity index (χ1) is 17.9. The maximum atomic E-state index is 12.6. The minimum atomic E-state index is -3.73. The van der Waals surface area contributed by atoms with Crippen LogP contribution >= 0.6 is 12.2 Å². The fourth-order valence-corrected chi connectivity index (χ4v) is 4.68. The second-order valence-electron chi connectivity index (χ2n) is 8.01. The summed E-state index contributed by atoms with van der Waals surface area (Å²) in [5.41, 5.74) is 2.62. The number of sulfonamides is 1. The number of nitrogens with one attached hydrogen (secondary N) is 3. The van der Waals surface area contributed by atoms with Crippen molar-refractivity contribution in [3.05, 3.63) is 120 Å². The van der Waals surface area contributed by atoms with Crippen molar-refractivity contribution in [3.63, 3.8) is 0 Å². The minimum Gasteiger partial charge on any atom is -0.493 e. The van der Waals surface area contributed by atoms with Gasteiger partial charge < -0.3 is 10.1 Å².